The van der Waals surface area contributed by atoms with Gasteiger partial charge >= 0.3 is 0 Å². The molecule has 1 aromatic heterocycles. The Morgan fingerprint density at radius 3 is 2.40 bits per heavy atom. The van der Waals surface area contributed by atoms with E-state index in [4.69, 9.17) is 9.47 Å². The molecule has 6 rings (SSSR count). The van der Waals surface area contributed by atoms with Crippen molar-refractivity contribution in [1.82, 2.24) is 19.7 Å². The lowest BCUT2D eigenvalue weighted by Gasteiger charge is -2.50. The van der Waals surface area contributed by atoms with Crippen molar-refractivity contribution in [3.63, 3.8) is 0 Å². The highest BCUT2D eigenvalue weighted by Gasteiger charge is 2.38. The first-order valence-corrected chi connectivity index (χ1v) is 11.9. The molecule has 0 bridgehead atoms. The summed E-state index contributed by atoms with van der Waals surface area (Å²) in [4.78, 5) is 9.25. The van der Waals surface area contributed by atoms with Gasteiger partial charge in [-0.25, -0.2) is 13.5 Å². The second-order valence-corrected chi connectivity index (χ2v) is 9.62. The molecule has 3 aliphatic heterocycles. The number of aromatic nitrogens is 3. The van der Waals surface area contributed by atoms with Crippen molar-refractivity contribution >= 4 is 17.3 Å². The summed E-state index contributed by atoms with van der Waals surface area (Å²) in [6.45, 7) is 8.62. The first-order valence-electron chi connectivity index (χ1n) is 11.9. The predicted octanol–water partition coefficient (Wildman–Crippen LogP) is 3.13. The Morgan fingerprint density at radius 2 is 1.77 bits per heavy atom. The van der Waals surface area contributed by atoms with E-state index in [9.17, 15) is 8.78 Å². The number of hydrogen-bond donors (Lipinski definition) is 1. The van der Waals surface area contributed by atoms with Crippen molar-refractivity contribution in [1.29, 1.82) is 0 Å². The fraction of sp³-hybridized carbons (Fsp3) is 0.440. The molecule has 184 valence electrons. The molecule has 10 heteroatoms. The number of anilines is 3. The van der Waals surface area contributed by atoms with Gasteiger partial charge in [-0.15, -0.1) is 5.10 Å². The molecule has 3 aliphatic rings. The van der Waals surface area contributed by atoms with E-state index in [2.05, 4.69) is 44.3 Å². The zero-order valence-corrected chi connectivity index (χ0v) is 19.5. The van der Waals surface area contributed by atoms with Crippen LogP contribution in [0.25, 0.3) is 5.69 Å². The van der Waals surface area contributed by atoms with Gasteiger partial charge in [0, 0.05) is 43.0 Å². The van der Waals surface area contributed by atoms with Gasteiger partial charge in [0.05, 0.1) is 44.2 Å². The number of ether oxygens (including phenoxy) is 2. The summed E-state index contributed by atoms with van der Waals surface area (Å²) in [7, 11) is 0. The van der Waals surface area contributed by atoms with Gasteiger partial charge in [0.2, 0.25) is 5.95 Å². The van der Waals surface area contributed by atoms with E-state index in [0.29, 0.717) is 23.9 Å². The standard InChI is InChI=1S/C25H28F2N6O2/c1-16-4-20(29-25-28-15-33(30-25)21-6-18(26)5-19(27)7-21)2-3-24(16)32(23-13-35-14-23)10-17-8-31(9-17)22-11-34-12-22/h2-7,15,17,22-23H,8-14H2,1H3,(H,29,30). The van der Waals surface area contributed by atoms with Crippen molar-refractivity contribution in [3.05, 3.63) is 59.9 Å². The average molecular weight is 483 g/mol. The fourth-order valence-corrected chi connectivity index (χ4v) is 4.88. The summed E-state index contributed by atoms with van der Waals surface area (Å²) >= 11 is 0. The lowest BCUT2D eigenvalue weighted by atomic mass is 9.94. The van der Waals surface area contributed by atoms with E-state index in [0.717, 1.165) is 63.4 Å². The van der Waals surface area contributed by atoms with Gasteiger partial charge in [0.1, 0.15) is 18.0 Å². The third-order valence-corrected chi connectivity index (χ3v) is 7.00. The minimum absolute atomic E-state index is 0.271. The smallest absolute Gasteiger partial charge is 0.246 e. The predicted molar refractivity (Wildman–Crippen MR) is 127 cm³/mol. The molecule has 0 radical (unpaired) electrons. The number of likely N-dealkylation sites (tertiary alicyclic amines) is 1. The highest BCUT2D eigenvalue weighted by Crippen LogP contribution is 2.32. The number of nitrogens with zero attached hydrogens (tertiary/aromatic N) is 5. The molecule has 2 aromatic carbocycles. The highest BCUT2D eigenvalue weighted by atomic mass is 19.1. The van der Waals surface area contributed by atoms with Gasteiger partial charge in [-0.3, -0.25) is 4.90 Å². The van der Waals surface area contributed by atoms with Gasteiger partial charge in [-0.1, -0.05) is 0 Å². The minimum Gasteiger partial charge on any atom is -0.378 e. The van der Waals surface area contributed by atoms with Gasteiger partial charge < -0.3 is 19.7 Å². The van der Waals surface area contributed by atoms with Crippen molar-refractivity contribution in [2.75, 3.05) is 56.3 Å². The van der Waals surface area contributed by atoms with Crippen LogP contribution < -0.4 is 10.2 Å². The Labute approximate surface area is 202 Å². The Kier molecular flexibility index (Phi) is 5.87. The molecule has 3 aromatic rings. The molecule has 0 unspecified atom stereocenters. The second kappa shape index (κ2) is 9.18. The number of nitrogens with one attached hydrogen (secondary N) is 1. The van der Waals surface area contributed by atoms with Crippen LogP contribution in [-0.2, 0) is 9.47 Å². The topological polar surface area (TPSA) is 67.7 Å². The molecule has 4 heterocycles. The monoisotopic (exact) mass is 482 g/mol. The fourth-order valence-electron chi connectivity index (χ4n) is 4.88. The average Bonchev–Trinajstić information content (AvgIpc) is 3.17. The van der Waals surface area contributed by atoms with E-state index in [1.807, 2.05) is 6.07 Å². The molecule has 8 nitrogen and oxygen atoms in total. The van der Waals surface area contributed by atoms with Crippen LogP contribution in [0.15, 0.2) is 42.7 Å². The number of halogens is 2. The maximum atomic E-state index is 13.5. The third kappa shape index (κ3) is 4.61. The highest BCUT2D eigenvalue weighted by molar-refractivity contribution is 5.64. The Morgan fingerprint density at radius 1 is 1.03 bits per heavy atom. The molecule has 0 atom stereocenters. The van der Waals surface area contributed by atoms with Crippen LogP contribution in [0, 0.1) is 24.5 Å². The molecular formula is C25H28F2N6O2. The normalized spacial score (nSPS) is 19.2. The van der Waals surface area contributed by atoms with Crippen LogP contribution in [0.1, 0.15) is 5.56 Å². The van der Waals surface area contributed by atoms with Crippen LogP contribution in [0.5, 0.6) is 0 Å². The minimum atomic E-state index is -0.663. The van der Waals surface area contributed by atoms with Gasteiger partial charge in [0.15, 0.2) is 0 Å². The maximum absolute atomic E-state index is 13.5. The molecule has 3 fully saturated rings. The lowest BCUT2D eigenvalue weighted by molar-refractivity contribution is -0.101. The van der Waals surface area contributed by atoms with E-state index >= 15 is 0 Å². The Hall–Kier alpha value is -3.08. The van der Waals surface area contributed by atoms with Crippen molar-refractivity contribution < 1.29 is 18.3 Å². The van der Waals surface area contributed by atoms with Gasteiger partial charge in [-0.2, -0.15) is 4.98 Å². The summed E-state index contributed by atoms with van der Waals surface area (Å²) in [6.07, 6.45) is 1.42. The Balaban J connectivity index is 1.14. The summed E-state index contributed by atoms with van der Waals surface area (Å²) in [5, 5.41) is 7.50. The number of rotatable bonds is 8. The van der Waals surface area contributed by atoms with E-state index in [1.54, 1.807) is 0 Å². The Bertz CT molecular complexity index is 1190. The van der Waals surface area contributed by atoms with Crippen LogP contribution in [0.2, 0.25) is 0 Å². The number of hydrogen-bond acceptors (Lipinski definition) is 7. The molecule has 35 heavy (non-hydrogen) atoms. The lowest BCUT2D eigenvalue weighted by Crippen LogP contribution is -2.62. The molecule has 3 saturated heterocycles. The van der Waals surface area contributed by atoms with Crippen LogP contribution >= 0.6 is 0 Å². The van der Waals surface area contributed by atoms with Crippen LogP contribution in [0.4, 0.5) is 26.1 Å². The molecule has 1 N–H and O–H groups in total. The van der Waals surface area contributed by atoms with Gasteiger partial charge in [0.25, 0.3) is 0 Å². The first kappa shape index (κ1) is 22.4. The van der Waals surface area contributed by atoms with Crippen LogP contribution in [0.3, 0.4) is 0 Å². The molecule has 0 saturated carbocycles. The van der Waals surface area contributed by atoms with Crippen molar-refractivity contribution in [2.45, 2.75) is 19.0 Å². The number of benzene rings is 2. The molecule has 0 aliphatic carbocycles. The van der Waals surface area contributed by atoms with Crippen LogP contribution in [-0.4, -0.2) is 77.8 Å². The first-order chi connectivity index (χ1) is 17.0. The summed E-state index contributed by atoms with van der Waals surface area (Å²) in [5.41, 5.74) is 3.48. The molecule has 0 spiro atoms. The SMILES string of the molecule is Cc1cc(Nc2ncn(-c3cc(F)cc(F)c3)n2)ccc1N(CC1CN(C2COC2)C1)C1COC1. The third-order valence-electron chi connectivity index (χ3n) is 7.00. The van der Waals surface area contributed by atoms with Crippen molar-refractivity contribution in [3.8, 4) is 5.69 Å². The largest absolute Gasteiger partial charge is 0.378 e. The zero-order chi connectivity index (χ0) is 23.9. The summed E-state index contributed by atoms with van der Waals surface area (Å²) in [5.74, 6) is -0.330. The number of aryl methyl sites for hydroxylation is 1. The van der Waals surface area contributed by atoms with E-state index in [-0.39, 0.29) is 5.69 Å². The van der Waals surface area contributed by atoms with Gasteiger partial charge in [-0.05, 0) is 42.8 Å². The maximum Gasteiger partial charge on any atom is 0.246 e. The summed E-state index contributed by atoms with van der Waals surface area (Å²) in [6, 6.07) is 10.5. The summed E-state index contributed by atoms with van der Waals surface area (Å²) < 4.78 is 39.3. The van der Waals surface area contributed by atoms with Crippen molar-refractivity contribution in [2.24, 2.45) is 5.92 Å². The molecule has 0 amide bonds. The quantitative estimate of drug-likeness (QED) is 0.529. The second-order valence-electron chi connectivity index (χ2n) is 9.62. The van der Waals surface area contributed by atoms with E-state index < -0.39 is 11.6 Å². The zero-order valence-electron chi connectivity index (χ0n) is 19.5. The molecular weight excluding hydrogens is 454 g/mol. The van der Waals surface area contributed by atoms with E-state index in [1.165, 1.54) is 28.8 Å².